The van der Waals surface area contributed by atoms with Crippen molar-refractivity contribution in [2.75, 3.05) is 4.90 Å². The van der Waals surface area contributed by atoms with Gasteiger partial charge < -0.3 is 9.47 Å². The van der Waals surface area contributed by atoms with E-state index in [0.29, 0.717) is 0 Å². The van der Waals surface area contributed by atoms with Gasteiger partial charge in [-0.05, 0) is 139 Å². The molecule has 11 aromatic carbocycles. The van der Waals surface area contributed by atoms with Crippen molar-refractivity contribution in [3.8, 4) is 61.3 Å². The lowest BCUT2D eigenvalue weighted by molar-refractivity contribution is 0.794. The van der Waals surface area contributed by atoms with Gasteiger partial charge in [0.1, 0.15) is 0 Å². The maximum atomic E-state index is 2.40. The summed E-state index contributed by atoms with van der Waals surface area (Å²) in [6.07, 6.45) is 0. The first-order chi connectivity index (χ1) is 34.2. The molecule has 0 fully saturated rings. The van der Waals surface area contributed by atoms with Gasteiger partial charge in [-0.1, -0.05) is 206 Å². The summed E-state index contributed by atoms with van der Waals surface area (Å²) in [7, 11) is 0. The normalized spacial score (nSPS) is 12.8. The van der Waals surface area contributed by atoms with E-state index in [1.54, 1.807) is 0 Å². The van der Waals surface area contributed by atoms with E-state index in [2.05, 4.69) is 276 Å². The molecular formula is C67H44N2. The van der Waals surface area contributed by atoms with Gasteiger partial charge in [-0.25, -0.2) is 0 Å². The molecule has 0 bridgehead atoms. The number of anilines is 3. The quantitative estimate of drug-likeness (QED) is 0.155. The molecule has 69 heavy (non-hydrogen) atoms. The summed E-state index contributed by atoms with van der Waals surface area (Å²) in [6.45, 7) is 0. The first-order valence-electron chi connectivity index (χ1n) is 23.9. The van der Waals surface area contributed by atoms with Crippen LogP contribution in [0.15, 0.2) is 267 Å². The standard InChI is InChI=1S/C67H44N2/c1-2-16-45(17-3-1)46-32-38-50(39-33-46)68(51-40-34-47(35-41-51)48-36-42-52(43-37-48)69-64-30-12-7-22-57(64)58-23-8-13-31-65(58)69)53-19-14-18-49(44-53)54-25-15-29-63-66(54)59-24-6-11-28-62(59)67(63)60-26-9-4-20-55(60)56-21-5-10-27-61(56)67/h1-44H. The SMILES string of the molecule is c1ccc(-c2ccc(N(c3ccc(-c4ccc(-n5c6ccccc6c6ccccc65)cc4)cc3)c3cccc(-c4cccc5c4-c4ccccc4C54c5ccccc5-c5ccccc54)c3)cc2)cc1. The van der Waals surface area contributed by atoms with Gasteiger partial charge in [-0.15, -0.1) is 0 Å². The number of nitrogens with zero attached hydrogens (tertiary/aromatic N) is 2. The Morgan fingerprint density at radius 1 is 0.275 bits per heavy atom. The van der Waals surface area contributed by atoms with E-state index in [4.69, 9.17) is 0 Å². The Hall–Kier alpha value is -8.98. The molecule has 0 saturated carbocycles. The summed E-state index contributed by atoms with van der Waals surface area (Å²) in [5.41, 5.74) is 24.3. The topological polar surface area (TPSA) is 8.17 Å². The molecule has 0 unspecified atom stereocenters. The van der Waals surface area contributed by atoms with Gasteiger partial charge in [0.25, 0.3) is 0 Å². The monoisotopic (exact) mass is 876 g/mol. The van der Waals surface area contributed by atoms with Crippen LogP contribution in [0.25, 0.3) is 83.1 Å². The molecule has 322 valence electrons. The summed E-state index contributed by atoms with van der Waals surface area (Å²) in [4.78, 5) is 2.40. The molecule has 0 N–H and O–H groups in total. The molecule has 0 saturated heterocycles. The summed E-state index contributed by atoms with van der Waals surface area (Å²) >= 11 is 0. The lowest BCUT2D eigenvalue weighted by Crippen LogP contribution is -2.25. The molecule has 0 atom stereocenters. The van der Waals surface area contributed by atoms with Crippen molar-refractivity contribution >= 4 is 38.9 Å². The largest absolute Gasteiger partial charge is 0.310 e. The highest BCUT2D eigenvalue weighted by atomic mass is 15.1. The van der Waals surface area contributed by atoms with E-state index in [9.17, 15) is 0 Å². The van der Waals surface area contributed by atoms with Gasteiger partial charge in [0.15, 0.2) is 0 Å². The minimum atomic E-state index is -0.396. The highest BCUT2D eigenvalue weighted by Crippen LogP contribution is 2.64. The Kier molecular flexibility index (Phi) is 8.84. The Morgan fingerprint density at radius 3 is 1.29 bits per heavy atom. The van der Waals surface area contributed by atoms with Crippen molar-refractivity contribution in [2.45, 2.75) is 5.41 Å². The number of hydrogen-bond acceptors (Lipinski definition) is 1. The van der Waals surface area contributed by atoms with Crippen LogP contribution in [0.4, 0.5) is 17.1 Å². The van der Waals surface area contributed by atoms with Crippen LogP contribution in [0.3, 0.4) is 0 Å². The predicted molar refractivity (Wildman–Crippen MR) is 288 cm³/mol. The summed E-state index contributed by atoms with van der Waals surface area (Å²) < 4.78 is 2.37. The summed E-state index contributed by atoms with van der Waals surface area (Å²) in [6, 6.07) is 98.3. The van der Waals surface area contributed by atoms with E-state index in [1.807, 2.05) is 0 Å². The second-order valence-corrected chi connectivity index (χ2v) is 18.4. The molecule has 2 aliphatic carbocycles. The number of hydrogen-bond donors (Lipinski definition) is 0. The van der Waals surface area contributed by atoms with Crippen molar-refractivity contribution in [1.82, 2.24) is 4.57 Å². The van der Waals surface area contributed by atoms with Crippen molar-refractivity contribution in [2.24, 2.45) is 0 Å². The smallest absolute Gasteiger partial charge is 0.0725 e. The van der Waals surface area contributed by atoms with E-state index >= 15 is 0 Å². The van der Waals surface area contributed by atoms with Crippen LogP contribution in [0, 0.1) is 0 Å². The number of para-hydroxylation sites is 2. The molecule has 2 heteroatoms. The highest BCUT2D eigenvalue weighted by molar-refractivity contribution is 6.09. The molecular weight excluding hydrogens is 833 g/mol. The fraction of sp³-hybridized carbons (Fsp3) is 0.0149. The lowest BCUT2D eigenvalue weighted by Gasteiger charge is -2.30. The maximum Gasteiger partial charge on any atom is 0.0725 e. The van der Waals surface area contributed by atoms with Gasteiger partial charge >= 0.3 is 0 Å². The van der Waals surface area contributed by atoms with Gasteiger partial charge in [-0.2, -0.15) is 0 Å². The minimum Gasteiger partial charge on any atom is -0.310 e. The maximum absolute atomic E-state index is 2.40. The zero-order valence-corrected chi connectivity index (χ0v) is 37.8. The second kappa shape index (κ2) is 15.6. The average molecular weight is 877 g/mol. The van der Waals surface area contributed by atoms with Crippen molar-refractivity contribution < 1.29 is 0 Å². The first-order valence-corrected chi connectivity index (χ1v) is 23.9. The van der Waals surface area contributed by atoms with Gasteiger partial charge in [0.05, 0.1) is 16.4 Å². The number of aromatic nitrogens is 1. The molecule has 12 aromatic rings. The number of benzene rings is 11. The molecule has 1 heterocycles. The zero-order valence-electron chi connectivity index (χ0n) is 37.8. The van der Waals surface area contributed by atoms with E-state index < -0.39 is 5.41 Å². The average Bonchev–Trinajstić information content (AvgIpc) is 4.04. The molecule has 2 nitrogen and oxygen atoms in total. The molecule has 1 aromatic heterocycles. The fourth-order valence-corrected chi connectivity index (χ4v) is 11.9. The van der Waals surface area contributed by atoms with Crippen LogP contribution in [-0.4, -0.2) is 4.57 Å². The molecule has 14 rings (SSSR count). The predicted octanol–water partition coefficient (Wildman–Crippen LogP) is 17.6. The van der Waals surface area contributed by atoms with Crippen molar-refractivity contribution in [1.29, 1.82) is 0 Å². The van der Waals surface area contributed by atoms with Crippen LogP contribution in [-0.2, 0) is 5.41 Å². The molecule has 0 radical (unpaired) electrons. The van der Waals surface area contributed by atoms with Crippen molar-refractivity contribution in [3.63, 3.8) is 0 Å². The summed E-state index contributed by atoms with van der Waals surface area (Å²) in [5, 5.41) is 2.54. The molecule has 0 amide bonds. The van der Waals surface area contributed by atoms with Crippen molar-refractivity contribution in [3.05, 3.63) is 289 Å². The van der Waals surface area contributed by atoms with Crippen LogP contribution in [0.2, 0.25) is 0 Å². The second-order valence-electron chi connectivity index (χ2n) is 18.4. The van der Waals surface area contributed by atoms with Crippen LogP contribution in [0.1, 0.15) is 22.3 Å². The molecule has 0 aliphatic heterocycles. The lowest BCUT2D eigenvalue weighted by atomic mass is 9.70. The third kappa shape index (κ3) is 5.92. The van der Waals surface area contributed by atoms with Crippen LogP contribution < -0.4 is 4.90 Å². The number of rotatable bonds is 7. The van der Waals surface area contributed by atoms with E-state index in [0.717, 1.165) is 22.7 Å². The third-order valence-electron chi connectivity index (χ3n) is 14.8. The summed E-state index contributed by atoms with van der Waals surface area (Å²) in [5.74, 6) is 0. The Morgan fingerprint density at radius 2 is 0.696 bits per heavy atom. The minimum absolute atomic E-state index is 0.396. The first kappa shape index (κ1) is 39.2. The van der Waals surface area contributed by atoms with E-state index in [1.165, 1.54) is 99.7 Å². The van der Waals surface area contributed by atoms with Gasteiger partial charge in [0, 0.05) is 33.5 Å². The highest BCUT2D eigenvalue weighted by Gasteiger charge is 2.52. The molecule has 2 aliphatic rings. The Bertz CT molecular complexity index is 3840. The van der Waals surface area contributed by atoms with E-state index in [-0.39, 0.29) is 0 Å². The van der Waals surface area contributed by atoms with Gasteiger partial charge in [-0.3, -0.25) is 0 Å². The number of fused-ring (bicyclic) bond motifs is 13. The Balaban J connectivity index is 0.874. The molecule has 1 spiro atoms. The third-order valence-corrected chi connectivity index (χ3v) is 14.8. The zero-order chi connectivity index (χ0) is 45.5. The Labute approximate surface area is 402 Å². The van der Waals surface area contributed by atoms with Crippen LogP contribution >= 0.6 is 0 Å². The van der Waals surface area contributed by atoms with Crippen LogP contribution in [0.5, 0.6) is 0 Å². The fourth-order valence-electron chi connectivity index (χ4n) is 11.9. The van der Waals surface area contributed by atoms with Gasteiger partial charge in [0.2, 0.25) is 0 Å².